The molecule has 1 aliphatic heterocycles. The normalized spacial score (nSPS) is 15.4. The van der Waals surface area contributed by atoms with Crippen LogP contribution in [0.3, 0.4) is 0 Å². The van der Waals surface area contributed by atoms with Crippen molar-refractivity contribution < 1.29 is 18.0 Å². The van der Waals surface area contributed by atoms with Gasteiger partial charge in [-0.3, -0.25) is 15.0 Å². The standard InChI is InChI=1S/C12H15N3O4S/c1-9(16)13-14-20(18,19)11-6-4-10(5-7-11)15-8-2-3-12(15)17/h4-7,14H,2-3,8H2,1H3,(H,13,16). The molecular formula is C12H15N3O4S. The number of anilines is 1. The van der Waals surface area contributed by atoms with Gasteiger partial charge in [-0.15, -0.1) is 4.83 Å². The van der Waals surface area contributed by atoms with Crippen LogP contribution in [0.2, 0.25) is 0 Å². The molecule has 1 saturated heterocycles. The summed E-state index contributed by atoms with van der Waals surface area (Å²) in [5, 5.41) is 0. The van der Waals surface area contributed by atoms with Gasteiger partial charge in [-0.2, -0.15) is 0 Å². The fourth-order valence-electron chi connectivity index (χ4n) is 1.92. The fourth-order valence-corrected chi connectivity index (χ4v) is 2.81. The number of nitrogens with one attached hydrogen (secondary N) is 2. The van der Waals surface area contributed by atoms with Gasteiger partial charge in [-0.25, -0.2) is 8.42 Å². The van der Waals surface area contributed by atoms with Crippen LogP contribution in [0.25, 0.3) is 0 Å². The molecule has 0 aromatic heterocycles. The highest BCUT2D eigenvalue weighted by Gasteiger charge is 2.22. The van der Waals surface area contributed by atoms with Gasteiger partial charge in [-0.05, 0) is 30.7 Å². The summed E-state index contributed by atoms with van der Waals surface area (Å²) >= 11 is 0. The Hall–Kier alpha value is -1.93. The Morgan fingerprint density at radius 3 is 2.40 bits per heavy atom. The van der Waals surface area contributed by atoms with Gasteiger partial charge >= 0.3 is 0 Å². The van der Waals surface area contributed by atoms with E-state index in [0.29, 0.717) is 18.7 Å². The molecule has 0 bridgehead atoms. The van der Waals surface area contributed by atoms with Gasteiger partial charge in [0.15, 0.2) is 0 Å². The number of hydrogen-bond donors (Lipinski definition) is 2. The minimum atomic E-state index is -3.79. The van der Waals surface area contributed by atoms with Crippen molar-refractivity contribution in [3.63, 3.8) is 0 Å². The maximum atomic E-state index is 11.8. The molecule has 2 amide bonds. The van der Waals surface area contributed by atoms with E-state index < -0.39 is 15.9 Å². The third-order valence-electron chi connectivity index (χ3n) is 2.89. The van der Waals surface area contributed by atoms with Crippen molar-refractivity contribution in [2.45, 2.75) is 24.7 Å². The smallest absolute Gasteiger partial charge is 0.257 e. The van der Waals surface area contributed by atoms with E-state index in [1.165, 1.54) is 19.1 Å². The molecule has 2 N–H and O–H groups in total. The third-order valence-corrected chi connectivity index (χ3v) is 4.16. The molecule has 0 spiro atoms. The van der Waals surface area contributed by atoms with Crippen LogP contribution in [-0.4, -0.2) is 26.8 Å². The summed E-state index contributed by atoms with van der Waals surface area (Å²) in [7, 11) is -3.79. The molecule has 20 heavy (non-hydrogen) atoms. The summed E-state index contributed by atoms with van der Waals surface area (Å²) in [6.45, 7) is 1.85. The Kier molecular flexibility index (Phi) is 4.05. The van der Waals surface area contributed by atoms with E-state index in [0.717, 1.165) is 6.42 Å². The zero-order valence-electron chi connectivity index (χ0n) is 10.9. The number of carbonyl (C=O) groups is 2. The number of amides is 2. The molecule has 1 heterocycles. The SMILES string of the molecule is CC(=O)NNS(=O)(=O)c1ccc(N2CCCC2=O)cc1. The van der Waals surface area contributed by atoms with Crippen LogP contribution in [0, 0.1) is 0 Å². The lowest BCUT2D eigenvalue weighted by molar-refractivity contribution is -0.119. The first-order valence-electron chi connectivity index (χ1n) is 6.09. The second kappa shape index (κ2) is 5.59. The zero-order chi connectivity index (χ0) is 14.8. The average molecular weight is 297 g/mol. The maximum absolute atomic E-state index is 11.8. The molecule has 1 aromatic carbocycles. The van der Waals surface area contributed by atoms with E-state index in [4.69, 9.17) is 0 Å². The topological polar surface area (TPSA) is 95.6 Å². The molecule has 1 fully saturated rings. The molecule has 7 nitrogen and oxygen atoms in total. The Morgan fingerprint density at radius 1 is 1.25 bits per heavy atom. The Labute approximate surface area is 117 Å². The number of carbonyl (C=O) groups excluding carboxylic acids is 2. The van der Waals surface area contributed by atoms with Crippen molar-refractivity contribution in [2.24, 2.45) is 0 Å². The molecule has 108 valence electrons. The van der Waals surface area contributed by atoms with Crippen molar-refractivity contribution in [1.29, 1.82) is 0 Å². The number of benzene rings is 1. The zero-order valence-corrected chi connectivity index (χ0v) is 11.7. The van der Waals surface area contributed by atoms with Crippen LogP contribution in [0.15, 0.2) is 29.2 Å². The molecule has 2 rings (SSSR count). The molecule has 1 aliphatic rings. The first kappa shape index (κ1) is 14.5. The van der Waals surface area contributed by atoms with E-state index in [2.05, 4.69) is 0 Å². The van der Waals surface area contributed by atoms with Crippen LogP contribution < -0.4 is 15.2 Å². The minimum Gasteiger partial charge on any atom is -0.312 e. The first-order valence-corrected chi connectivity index (χ1v) is 7.57. The molecule has 8 heteroatoms. The lowest BCUT2D eigenvalue weighted by Gasteiger charge is -2.16. The van der Waals surface area contributed by atoms with Crippen LogP contribution >= 0.6 is 0 Å². The van der Waals surface area contributed by atoms with Gasteiger partial charge in [0.2, 0.25) is 11.8 Å². The number of nitrogens with zero attached hydrogens (tertiary/aromatic N) is 1. The number of sulfonamides is 1. The van der Waals surface area contributed by atoms with E-state index in [9.17, 15) is 18.0 Å². The van der Waals surface area contributed by atoms with Crippen LogP contribution in [0.1, 0.15) is 19.8 Å². The lowest BCUT2D eigenvalue weighted by Crippen LogP contribution is -2.40. The van der Waals surface area contributed by atoms with Crippen molar-refractivity contribution in [3.8, 4) is 0 Å². The lowest BCUT2D eigenvalue weighted by atomic mass is 10.3. The van der Waals surface area contributed by atoms with Crippen LogP contribution in [-0.2, 0) is 19.6 Å². The van der Waals surface area contributed by atoms with Gasteiger partial charge in [0.05, 0.1) is 4.90 Å². The molecular weight excluding hydrogens is 282 g/mol. The van der Waals surface area contributed by atoms with Crippen molar-refractivity contribution in [2.75, 3.05) is 11.4 Å². The number of rotatable bonds is 4. The fraction of sp³-hybridized carbons (Fsp3) is 0.333. The first-order chi connectivity index (χ1) is 9.40. The summed E-state index contributed by atoms with van der Waals surface area (Å²) in [6.07, 6.45) is 1.33. The Balaban J connectivity index is 2.15. The van der Waals surface area contributed by atoms with Gasteiger partial charge in [0.25, 0.3) is 10.0 Å². The number of hydrazine groups is 1. The van der Waals surface area contributed by atoms with E-state index in [1.807, 2.05) is 10.3 Å². The Bertz CT molecular complexity index is 625. The van der Waals surface area contributed by atoms with E-state index in [-0.39, 0.29) is 10.8 Å². The summed E-state index contributed by atoms with van der Waals surface area (Å²) in [6, 6.07) is 5.94. The molecule has 0 unspecified atom stereocenters. The van der Waals surface area contributed by atoms with Crippen LogP contribution in [0.5, 0.6) is 0 Å². The summed E-state index contributed by atoms with van der Waals surface area (Å²) < 4.78 is 23.7. The molecule has 0 saturated carbocycles. The molecule has 0 atom stereocenters. The van der Waals surface area contributed by atoms with Crippen LogP contribution in [0.4, 0.5) is 5.69 Å². The van der Waals surface area contributed by atoms with Gasteiger partial charge < -0.3 is 4.90 Å². The predicted molar refractivity (Wildman–Crippen MR) is 72.2 cm³/mol. The monoisotopic (exact) mass is 297 g/mol. The van der Waals surface area contributed by atoms with Gasteiger partial charge in [0.1, 0.15) is 0 Å². The third kappa shape index (κ3) is 3.14. The van der Waals surface area contributed by atoms with Gasteiger partial charge in [-0.1, -0.05) is 0 Å². The van der Waals surface area contributed by atoms with Crippen molar-refractivity contribution in [1.82, 2.24) is 10.3 Å². The van der Waals surface area contributed by atoms with Gasteiger partial charge in [0, 0.05) is 25.6 Å². The Morgan fingerprint density at radius 2 is 1.90 bits per heavy atom. The van der Waals surface area contributed by atoms with E-state index in [1.54, 1.807) is 17.0 Å². The highest BCUT2D eigenvalue weighted by atomic mass is 32.2. The highest BCUT2D eigenvalue weighted by Crippen LogP contribution is 2.22. The second-order valence-corrected chi connectivity index (χ2v) is 6.11. The maximum Gasteiger partial charge on any atom is 0.257 e. The molecule has 0 aliphatic carbocycles. The average Bonchev–Trinajstić information content (AvgIpc) is 2.83. The highest BCUT2D eigenvalue weighted by molar-refractivity contribution is 7.89. The predicted octanol–water partition coefficient (Wildman–Crippen LogP) is 0.143. The second-order valence-electron chi connectivity index (χ2n) is 4.43. The largest absolute Gasteiger partial charge is 0.312 e. The van der Waals surface area contributed by atoms with E-state index >= 15 is 0 Å². The molecule has 0 radical (unpaired) electrons. The number of hydrogen-bond acceptors (Lipinski definition) is 4. The molecule has 1 aromatic rings. The van der Waals surface area contributed by atoms with Crippen molar-refractivity contribution >= 4 is 27.5 Å². The summed E-state index contributed by atoms with van der Waals surface area (Å²) in [5.74, 6) is -0.468. The minimum absolute atomic E-state index is 0.0154. The summed E-state index contributed by atoms with van der Waals surface area (Å²) in [5.41, 5.74) is 2.69. The quantitative estimate of drug-likeness (QED) is 0.773. The summed E-state index contributed by atoms with van der Waals surface area (Å²) in [4.78, 5) is 25.9. The van der Waals surface area contributed by atoms with Crippen molar-refractivity contribution in [3.05, 3.63) is 24.3 Å².